The van der Waals surface area contributed by atoms with Crippen molar-refractivity contribution in [2.45, 2.75) is 6.42 Å². The van der Waals surface area contributed by atoms with Gasteiger partial charge in [-0.05, 0) is 17.0 Å². The first-order valence-corrected chi connectivity index (χ1v) is 4.39. The minimum absolute atomic E-state index is 0.244. The van der Waals surface area contributed by atoms with E-state index in [1.165, 1.54) is 0 Å². The Hall–Kier alpha value is -2.01. The molecule has 2 aromatic rings. The van der Waals surface area contributed by atoms with Gasteiger partial charge in [-0.1, -0.05) is 30.3 Å². The summed E-state index contributed by atoms with van der Waals surface area (Å²) in [6.07, 6.45) is 0.328. The van der Waals surface area contributed by atoms with E-state index in [1.54, 1.807) is 12.1 Å². The van der Waals surface area contributed by atoms with E-state index in [9.17, 15) is 5.11 Å². The van der Waals surface area contributed by atoms with Crippen LogP contribution in [0.2, 0.25) is 0 Å². The summed E-state index contributed by atoms with van der Waals surface area (Å²) in [6.45, 7) is 0. The summed E-state index contributed by atoms with van der Waals surface area (Å²) in [7, 11) is 0. The van der Waals surface area contributed by atoms with Crippen LogP contribution in [0.5, 0.6) is 5.75 Å². The number of fused-ring (bicyclic) bond motifs is 1. The second kappa shape index (κ2) is 3.39. The van der Waals surface area contributed by atoms with Gasteiger partial charge in [-0.15, -0.1) is 0 Å². The van der Waals surface area contributed by atoms with Crippen molar-refractivity contribution in [2.24, 2.45) is 0 Å². The number of benzene rings is 2. The summed E-state index contributed by atoms with van der Waals surface area (Å²) < 4.78 is 0. The fraction of sp³-hybridized carbons (Fsp3) is 0.0833. The van der Waals surface area contributed by atoms with Crippen LogP contribution in [0, 0.1) is 11.3 Å². The molecule has 14 heavy (non-hydrogen) atoms. The van der Waals surface area contributed by atoms with Gasteiger partial charge in [0.2, 0.25) is 0 Å². The molecule has 0 radical (unpaired) electrons. The van der Waals surface area contributed by atoms with Crippen LogP contribution in [0.25, 0.3) is 10.8 Å². The second-order valence-corrected chi connectivity index (χ2v) is 3.13. The molecule has 0 fully saturated rings. The molecule has 2 aromatic carbocycles. The third-order valence-corrected chi connectivity index (χ3v) is 2.24. The summed E-state index contributed by atoms with van der Waals surface area (Å²) in [4.78, 5) is 0. The fourth-order valence-electron chi connectivity index (χ4n) is 1.63. The number of rotatable bonds is 1. The molecule has 0 saturated heterocycles. The number of aromatic hydroxyl groups is 1. The van der Waals surface area contributed by atoms with Crippen molar-refractivity contribution in [3.8, 4) is 11.8 Å². The van der Waals surface area contributed by atoms with Gasteiger partial charge in [-0.3, -0.25) is 0 Å². The van der Waals surface area contributed by atoms with Gasteiger partial charge in [-0.2, -0.15) is 5.26 Å². The standard InChI is InChI=1S/C12H9NO/c13-8-7-10-4-1-3-9-5-2-6-11(14)12(9)10/h1-6,14H,7H2. The number of nitriles is 1. The third kappa shape index (κ3) is 1.29. The van der Waals surface area contributed by atoms with Crippen molar-refractivity contribution < 1.29 is 5.11 Å². The lowest BCUT2D eigenvalue weighted by Crippen LogP contribution is -1.84. The highest BCUT2D eigenvalue weighted by Crippen LogP contribution is 2.27. The normalized spacial score (nSPS) is 9.93. The Kier molecular flexibility index (Phi) is 2.08. The Morgan fingerprint density at radius 3 is 2.57 bits per heavy atom. The Morgan fingerprint density at radius 1 is 1.14 bits per heavy atom. The molecular weight excluding hydrogens is 174 g/mol. The highest BCUT2D eigenvalue weighted by atomic mass is 16.3. The monoisotopic (exact) mass is 183 g/mol. The van der Waals surface area contributed by atoms with Gasteiger partial charge in [-0.25, -0.2) is 0 Å². The molecule has 2 nitrogen and oxygen atoms in total. The van der Waals surface area contributed by atoms with Crippen LogP contribution in [-0.4, -0.2) is 5.11 Å². The van der Waals surface area contributed by atoms with Gasteiger partial charge in [0, 0.05) is 5.39 Å². The van der Waals surface area contributed by atoms with Crippen LogP contribution < -0.4 is 0 Å². The predicted molar refractivity (Wildman–Crippen MR) is 54.9 cm³/mol. The highest BCUT2D eigenvalue weighted by molar-refractivity contribution is 5.91. The minimum atomic E-state index is 0.244. The maximum atomic E-state index is 9.67. The zero-order valence-corrected chi connectivity index (χ0v) is 7.57. The number of hydrogen-bond donors (Lipinski definition) is 1. The van der Waals surface area contributed by atoms with E-state index in [-0.39, 0.29) is 5.75 Å². The molecule has 2 rings (SSSR count). The average Bonchev–Trinajstić information content (AvgIpc) is 2.19. The van der Waals surface area contributed by atoms with Crippen molar-refractivity contribution in [3.05, 3.63) is 42.0 Å². The molecule has 0 aliphatic rings. The van der Waals surface area contributed by atoms with Crippen molar-refractivity contribution in [1.29, 1.82) is 5.26 Å². The van der Waals surface area contributed by atoms with E-state index in [0.29, 0.717) is 6.42 Å². The molecule has 0 spiro atoms. The van der Waals surface area contributed by atoms with Crippen molar-refractivity contribution in [1.82, 2.24) is 0 Å². The average molecular weight is 183 g/mol. The molecule has 0 saturated carbocycles. The Bertz CT molecular complexity index is 506. The maximum Gasteiger partial charge on any atom is 0.123 e. The summed E-state index contributed by atoms with van der Waals surface area (Å²) in [5.74, 6) is 0.244. The first-order valence-electron chi connectivity index (χ1n) is 4.39. The van der Waals surface area contributed by atoms with E-state index < -0.39 is 0 Å². The number of phenolic OH excluding ortho intramolecular Hbond substituents is 1. The SMILES string of the molecule is N#CCc1cccc2cccc(O)c12. The van der Waals surface area contributed by atoms with Crippen LogP contribution in [0.1, 0.15) is 5.56 Å². The fourth-order valence-corrected chi connectivity index (χ4v) is 1.63. The molecule has 0 amide bonds. The lowest BCUT2D eigenvalue weighted by Gasteiger charge is -2.04. The van der Waals surface area contributed by atoms with Crippen molar-refractivity contribution in [3.63, 3.8) is 0 Å². The molecule has 68 valence electrons. The quantitative estimate of drug-likeness (QED) is 0.738. The topological polar surface area (TPSA) is 44.0 Å². The zero-order chi connectivity index (χ0) is 9.97. The largest absolute Gasteiger partial charge is 0.507 e. The van der Waals surface area contributed by atoms with Gasteiger partial charge in [0.25, 0.3) is 0 Å². The van der Waals surface area contributed by atoms with Crippen LogP contribution >= 0.6 is 0 Å². The minimum Gasteiger partial charge on any atom is -0.507 e. The predicted octanol–water partition coefficient (Wildman–Crippen LogP) is 2.61. The van der Waals surface area contributed by atoms with E-state index in [0.717, 1.165) is 16.3 Å². The van der Waals surface area contributed by atoms with Crippen LogP contribution in [0.4, 0.5) is 0 Å². The van der Waals surface area contributed by atoms with Gasteiger partial charge < -0.3 is 5.11 Å². The lowest BCUT2D eigenvalue weighted by atomic mass is 10.0. The molecular formula is C12H9NO. The van der Waals surface area contributed by atoms with Crippen LogP contribution in [0.3, 0.4) is 0 Å². The van der Waals surface area contributed by atoms with Crippen molar-refractivity contribution >= 4 is 10.8 Å². The van der Waals surface area contributed by atoms with Gasteiger partial charge in [0.1, 0.15) is 5.75 Å². The third-order valence-electron chi connectivity index (χ3n) is 2.24. The van der Waals surface area contributed by atoms with Gasteiger partial charge >= 0.3 is 0 Å². The lowest BCUT2D eigenvalue weighted by molar-refractivity contribution is 0.481. The zero-order valence-electron chi connectivity index (χ0n) is 7.57. The van der Waals surface area contributed by atoms with Gasteiger partial charge in [0.15, 0.2) is 0 Å². The first-order chi connectivity index (χ1) is 6.83. The summed E-state index contributed by atoms with van der Waals surface area (Å²) in [5.41, 5.74) is 0.878. The summed E-state index contributed by atoms with van der Waals surface area (Å²) >= 11 is 0. The summed E-state index contributed by atoms with van der Waals surface area (Å²) in [6, 6.07) is 13.2. The smallest absolute Gasteiger partial charge is 0.123 e. The maximum absolute atomic E-state index is 9.67. The van der Waals surface area contributed by atoms with Crippen LogP contribution in [-0.2, 0) is 6.42 Å². The molecule has 0 aromatic heterocycles. The van der Waals surface area contributed by atoms with E-state index >= 15 is 0 Å². The molecule has 1 N–H and O–H groups in total. The molecule has 0 heterocycles. The molecule has 0 atom stereocenters. The highest BCUT2D eigenvalue weighted by Gasteiger charge is 2.03. The second-order valence-electron chi connectivity index (χ2n) is 3.13. The molecule has 0 aliphatic carbocycles. The van der Waals surface area contributed by atoms with E-state index in [4.69, 9.17) is 5.26 Å². The van der Waals surface area contributed by atoms with E-state index in [2.05, 4.69) is 6.07 Å². The molecule has 2 heteroatoms. The van der Waals surface area contributed by atoms with Gasteiger partial charge in [0.05, 0.1) is 12.5 Å². The number of phenols is 1. The number of hydrogen-bond acceptors (Lipinski definition) is 2. The molecule has 0 aliphatic heterocycles. The number of nitrogens with zero attached hydrogens (tertiary/aromatic N) is 1. The Balaban J connectivity index is 2.79. The summed E-state index contributed by atoms with van der Waals surface area (Å²) in [5, 5.41) is 20.1. The van der Waals surface area contributed by atoms with E-state index in [1.807, 2.05) is 24.3 Å². The van der Waals surface area contributed by atoms with Crippen LogP contribution in [0.15, 0.2) is 36.4 Å². The first kappa shape index (κ1) is 8.58. The molecule has 0 unspecified atom stereocenters. The van der Waals surface area contributed by atoms with Crippen molar-refractivity contribution in [2.75, 3.05) is 0 Å². The Morgan fingerprint density at radius 2 is 1.86 bits per heavy atom. The Labute approximate surface area is 82.0 Å². The molecule has 0 bridgehead atoms.